The van der Waals surface area contributed by atoms with Crippen molar-refractivity contribution in [1.82, 2.24) is 9.55 Å². The van der Waals surface area contributed by atoms with E-state index in [1.165, 1.54) is 12.1 Å². The second-order valence-electron chi connectivity index (χ2n) is 9.93. The van der Waals surface area contributed by atoms with Crippen LogP contribution in [-0.2, 0) is 5.92 Å². The Kier molecular flexibility index (Phi) is 7.20. The summed E-state index contributed by atoms with van der Waals surface area (Å²) in [7, 11) is 0. The van der Waals surface area contributed by atoms with Gasteiger partial charge in [0.2, 0.25) is 5.95 Å². The average Bonchev–Trinajstić information content (AvgIpc) is 3.29. The minimum Gasteiger partial charge on any atom is -0.382 e. The molecule has 204 valence electrons. The van der Waals surface area contributed by atoms with Crippen LogP contribution in [0.1, 0.15) is 44.4 Å². The van der Waals surface area contributed by atoms with Crippen molar-refractivity contribution in [3.05, 3.63) is 77.9 Å². The number of anilines is 4. The van der Waals surface area contributed by atoms with Gasteiger partial charge >= 0.3 is 6.55 Å². The zero-order valence-corrected chi connectivity index (χ0v) is 21.7. The highest BCUT2D eigenvalue weighted by molar-refractivity contribution is 6.03. The third kappa shape index (κ3) is 5.69. The van der Waals surface area contributed by atoms with Gasteiger partial charge in [0.05, 0.1) is 11.0 Å². The Morgan fingerprint density at radius 3 is 2.44 bits per heavy atom. The molecule has 0 bridgehead atoms. The van der Waals surface area contributed by atoms with Gasteiger partial charge in [-0.2, -0.15) is 8.78 Å². The van der Waals surface area contributed by atoms with E-state index in [9.17, 15) is 17.6 Å². The number of nitrogens with zero attached hydrogens (tertiary/aromatic N) is 3. The standard InChI is InChI=1S/C29H30F4N6/c1-18(34)23-17-22(10-11-24(23)36-21-7-5-6-19(16-21)29(2,32)33)35-20-12-14-38(15-13-20)28-37-25-8-3-4-9-26(25)39(28)27(30)31/h3-11,16-17,20,27,34-36H,12-15H2,1-2H3. The molecule has 1 aromatic heterocycles. The molecule has 1 saturated heterocycles. The molecule has 0 saturated carbocycles. The van der Waals surface area contributed by atoms with Crippen LogP contribution in [-0.4, -0.2) is 34.4 Å². The number of halogens is 4. The maximum absolute atomic E-state index is 13.9. The highest BCUT2D eigenvalue weighted by Crippen LogP contribution is 2.33. The van der Waals surface area contributed by atoms with Gasteiger partial charge in [-0.25, -0.2) is 13.8 Å². The lowest BCUT2D eigenvalue weighted by atomic mass is 10.0. The van der Waals surface area contributed by atoms with Gasteiger partial charge in [0.15, 0.2) is 0 Å². The lowest BCUT2D eigenvalue weighted by Gasteiger charge is -2.33. The number of fused-ring (bicyclic) bond motifs is 1. The number of piperidine rings is 1. The maximum atomic E-state index is 13.9. The number of imidazole rings is 1. The molecule has 0 amide bonds. The molecule has 3 aromatic carbocycles. The van der Waals surface area contributed by atoms with E-state index in [0.29, 0.717) is 46.8 Å². The predicted octanol–water partition coefficient (Wildman–Crippen LogP) is 7.76. The van der Waals surface area contributed by atoms with Crippen LogP contribution < -0.4 is 15.5 Å². The van der Waals surface area contributed by atoms with Crippen molar-refractivity contribution in [2.45, 2.75) is 45.2 Å². The van der Waals surface area contributed by atoms with Crippen molar-refractivity contribution in [3.8, 4) is 0 Å². The molecular formula is C29H30F4N6. The van der Waals surface area contributed by atoms with E-state index < -0.39 is 12.5 Å². The Morgan fingerprint density at radius 2 is 1.74 bits per heavy atom. The van der Waals surface area contributed by atoms with Crippen molar-refractivity contribution in [3.63, 3.8) is 0 Å². The van der Waals surface area contributed by atoms with Crippen molar-refractivity contribution in [1.29, 1.82) is 5.41 Å². The van der Waals surface area contributed by atoms with Crippen molar-refractivity contribution in [2.24, 2.45) is 0 Å². The third-order valence-corrected chi connectivity index (χ3v) is 6.99. The van der Waals surface area contributed by atoms with Gasteiger partial charge in [0.1, 0.15) is 0 Å². The highest BCUT2D eigenvalue weighted by atomic mass is 19.3. The second kappa shape index (κ2) is 10.6. The topological polar surface area (TPSA) is 69.0 Å². The van der Waals surface area contributed by atoms with Gasteiger partial charge in [-0.15, -0.1) is 0 Å². The second-order valence-corrected chi connectivity index (χ2v) is 9.93. The summed E-state index contributed by atoms with van der Waals surface area (Å²) < 4.78 is 56.3. The molecule has 6 nitrogen and oxygen atoms in total. The summed E-state index contributed by atoms with van der Waals surface area (Å²) in [6.45, 7) is 0.997. The van der Waals surface area contributed by atoms with Gasteiger partial charge in [-0.3, -0.25) is 4.57 Å². The van der Waals surface area contributed by atoms with E-state index >= 15 is 0 Å². The molecule has 5 rings (SSSR count). The monoisotopic (exact) mass is 538 g/mol. The SMILES string of the molecule is CC(=N)c1cc(NC2CCN(c3nc4ccccc4n3C(F)F)CC2)ccc1Nc1cccc(C(C)(F)F)c1. The average molecular weight is 539 g/mol. The van der Waals surface area contributed by atoms with Crippen LogP contribution in [0.5, 0.6) is 0 Å². The van der Waals surface area contributed by atoms with Gasteiger partial charge in [0.25, 0.3) is 5.92 Å². The molecule has 39 heavy (non-hydrogen) atoms. The van der Waals surface area contributed by atoms with Crippen LogP contribution in [0.2, 0.25) is 0 Å². The van der Waals surface area contributed by atoms with Gasteiger partial charge in [0, 0.05) is 60.0 Å². The molecule has 10 heteroatoms. The number of hydrogen-bond acceptors (Lipinski definition) is 5. The van der Waals surface area contributed by atoms with Crippen LogP contribution in [0.25, 0.3) is 11.0 Å². The van der Waals surface area contributed by atoms with E-state index in [1.807, 2.05) is 23.1 Å². The van der Waals surface area contributed by atoms with E-state index in [2.05, 4.69) is 15.6 Å². The largest absolute Gasteiger partial charge is 0.382 e. The summed E-state index contributed by atoms with van der Waals surface area (Å²) in [6.07, 6.45) is 1.45. The molecule has 3 N–H and O–H groups in total. The Balaban J connectivity index is 1.28. The molecule has 1 fully saturated rings. The first kappa shape index (κ1) is 26.5. The first-order valence-corrected chi connectivity index (χ1v) is 12.8. The fraction of sp³-hybridized carbons (Fsp3) is 0.310. The number of aromatic nitrogens is 2. The molecule has 0 unspecified atom stereocenters. The molecule has 0 atom stereocenters. The molecule has 0 radical (unpaired) electrons. The zero-order chi connectivity index (χ0) is 27.7. The number of benzene rings is 3. The number of rotatable bonds is 8. The number of alkyl halides is 4. The minimum atomic E-state index is -2.95. The van der Waals surface area contributed by atoms with Crippen LogP contribution >= 0.6 is 0 Å². The number of nitrogens with one attached hydrogen (secondary N) is 3. The fourth-order valence-electron chi connectivity index (χ4n) is 4.99. The fourth-order valence-corrected chi connectivity index (χ4v) is 4.99. The summed E-state index contributed by atoms with van der Waals surface area (Å²) in [5.41, 5.74) is 3.84. The summed E-state index contributed by atoms with van der Waals surface area (Å²) in [6, 6.07) is 18.7. The summed E-state index contributed by atoms with van der Waals surface area (Å²) >= 11 is 0. The Labute approximate surface area is 224 Å². The van der Waals surface area contributed by atoms with Gasteiger partial charge < -0.3 is 20.9 Å². The lowest BCUT2D eigenvalue weighted by Crippen LogP contribution is -2.40. The number of para-hydroxylation sites is 2. The third-order valence-electron chi connectivity index (χ3n) is 6.99. The molecule has 1 aliphatic heterocycles. The molecule has 2 heterocycles. The first-order valence-electron chi connectivity index (χ1n) is 12.8. The van der Waals surface area contributed by atoms with E-state index in [-0.39, 0.29) is 17.6 Å². The molecule has 0 spiro atoms. The van der Waals surface area contributed by atoms with Crippen molar-refractivity contribution >= 4 is 39.8 Å². The van der Waals surface area contributed by atoms with E-state index in [0.717, 1.165) is 30.0 Å². The Hall–Kier alpha value is -4.08. The van der Waals surface area contributed by atoms with Crippen LogP contribution in [0.15, 0.2) is 66.7 Å². The molecular weight excluding hydrogens is 508 g/mol. The summed E-state index contributed by atoms with van der Waals surface area (Å²) in [5.74, 6) is -2.67. The molecule has 0 aliphatic carbocycles. The first-order chi connectivity index (χ1) is 18.6. The van der Waals surface area contributed by atoms with Crippen LogP contribution in [0.4, 0.5) is 40.6 Å². The van der Waals surface area contributed by atoms with Crippen molar-refractivity contribution in [2.75, 3.05) is 28.6 Å². The van der Waals surface area contributed by atoms with Gasteiger partial charge in [-0.05, 0) is 62.2 Å². The maximum Gasteiger partial charge on any atom is 0.321 e. The highest BCUT2D eigenvalue weighted by Gasteiger charge is 2.27. The Bertz CT molecular complexity index is 1480. The summed E-state index contributed by atoms with van der Waals surface area (Å²) in [4.78, 5) is 6.38. The molecule has 1 aliphatic rings. The lowest BCUT2D eigenvalue weighted by molar-refractivity contribution is 0.0175. The Morgan fingerprint density at radius 1 is 1.00 bits per heavy atom. The van der Waals surface area contributed by atoms with Crippen molar-refractivity contribution < 1.29 is 17.6 Å². The zero-order valence-electron chi connectivity index (χ0n) is 21.7. The van der Waals surface area contributed by atoms with Gasteiger partial charge in [-0.1, -0.05) is 24.3 Å². The van der Waals surface area contributed by atoms with E-state index in [1.54, 1.807) is 43.3 Å². The molecule has 4 aromatic rings. The van der Waals surface area contributed by atoms with Crippen LogP contribution in [0, 0.1) is 5.41 Å². The van der Waals surface area contributed by atoms with Crippen LogP contribution in [0.3, 0.4) is 0 Å². The predicted molar refractivity (Wildman–Crippen MR) is 148 cm³/mol. The quantitative estimate of drug-likeness (QED) is 0.158. The van der Waals surface area contributed by atoms with E-state index in [4.69, 9.17) is 5.41 Å². The normalized spacial score (nSPS) is 14.7. The smallest absolute Gasteiger partial charge is 0.321 e. The number of hydrogen-bond donors (Lipinski definition) is 3. The summed E-state index contributed by atoms with van der Waals surface area (Å²) in [5, 5.41) is 14.9. The minimum absolute atomic E-state index is 0.0885.